The molecule has 1 atom stereocenters. The van der Waals surface area contributed by atoms with Crippen LogP contribution in [0.1, 0.15) is 42.7 Å². The molecule has 2 fully saturated rings. The number of likely N-dealkylation sites (tertiary alicyclic amines) is 1. The first-order valence-corrected chi connectivity index (χ1v) is 8.36. The second kappa shape index (κ2) is 4.99. The molecule has 0 bridgehead atoms. The van der Waals surface area contributed by atoms with Gasteiger partial charge in [-0.3, -0.25) is 4.79 Å². The van der Waals surface area contributed by atoms with Crippen molar-refractivity contribution in [1.29, 1.82) is 0 Å². The van der Waals surface area contributed by atoms with Crippen LogP contribution in [0.2, 0.25) is 5.02 Å². The van der Waals surface area contributed by atoms with Gasteiger partial charge in [-0.25, -0.2) is 0 Å². The fraction of sp³-hybridized carbons (Fsp3) is 0.588. The lowest BCUT2D eigenvalue weighted by atomic mass is 9.99. The Morgan fingerprint density at radius 1 is 1.38 bits per heavy atom. The summed E-state index contributed by atoms with van der Waals surface area (Å²) in [6.07, 6.45) is 5.46. The molecule has 21 heavy (non-hydrogen) atoms. The lowest BCUT2D eigenvalue weighted by Gasteiger charge is -2.35. The third kappa shape index (κ3) is 2.58. The monoisotopic (exact) mass is 304 g/mol. The highest BCUT2D eigenvalue weighted by Crippen LogP contribution is 2.40. The van der Waals surface area contributed by atoms with Crippen LogP contribution in [0.15, 0.2) is 18.2 Å². The fourth-order valence-corrected chi connectivity index (χ4v) is 3.84. The number of carbonyl (C=O) groups excluding carboxylic acids is 1. The molecule has 112 valence electrons. The highest BCUT2D eigenvalue weighted by Gasteiger charge is 2.47. The molecule has 0 spiro atoms. The summed E-state index contributed by atoms with van der Waals surface area (Å²) in [4.78, 5) is 15.1. The van der Waals surface area contributed by atoms with Gasteiger partial charge in [0, 0.05) is 11.6 Å². The first kappa shape index (κ1) is 13.6. The van der Waals surface area contributed by atoms with Gasteiger partial charge in [0.25, 0.3) is 0 Å². The highest BCUT2D eigenvalue weighted by molar-refractivity contribution is 6.30. The van der Waals surface area contributed by atoms with Crippen molar-refractivity contribution in [3.8, 4) is 0 Å². The fourth-order valence-electron chi connectivity index (χ4n) is 3.65. The second-order valence-electron chi connectivity index (χ2n) is 6.83. The first-order chi connectivity index (χ1) is 10.2. The Balaban J connectivity index is 1.44. The minimum absolute atomic E-state index is 0.0196. The van der Waals surface area contributed by atoms with E-state index in [2.05, 4.69) is 10.2 Å². The van der Waals surface area contributed by atoms with Crippen molar-refractivity contribution in [2.45, 2.75) is 43.6 Å². The molecule has 1 N–H and O–H groups in total. The van der Waals surface area contributed by atoms with Gasteiger partial charge in [-0.2, -0.15) is 0 Å². The molecule has 4 heteroatoms. The molecule has 1 aromatic rings. The van der Waals surface area contributed by atoms with E-state index in [0.29, 0.717) is 0 Å². The van der Waals surface area contributed by atoms with Gasteiger partial charge in [0.05, 0.1) is 11.5 Å². The van der Waals surface area contributed by atoms with Gasteiger partial charge in [0.2, 0.25) is 5.91 Å². The van der Waals surface area contributed by atoms with E-state index in [1.54, 1.807) is 0 Å². The third-order valence-electron chi connectivity index (χ3n) is 5.22. The van der Waals surface area contributed by atoms with Crippen molar-refractivity contribution < 1.29 is 4.79 Å². The smallest absolute Gasteiger partial charge is 0.228 e. The van der Waals surface area contributed by atoms with E-state index in [-0.39, 0.29) is 17.4 Å². The number of fused-ring (bicyclic) bond motifs is 1. The van der Waals surface area contributed by atoms with E-state index in [4.69, 9.17) is 11.6 Å². The van der Waals surface area contributed by atoms with Crippen molar-refractivity contribution in [3.05, 3.63) is 34.3 Å². The van der Waals surface area contributed by atoms with Crippen LogP contribution in [0.25, 0.3) is 0 Å². The summed E-state index contributed by atoms with van der Waals surface area (Å²) in [6, 6.07) is 5.94. The van der Waals surface area contributed by atoms with Crippen LogP contribution in [-0.4, -0.2) is 36.0 Å². The molecule has 3 nitrogen and oxygen atoms in total. The molecule has 2 aliphatic carbocycles. The van der Waals surface area contributed by atoms with Crippen molar-refractivity contribution in [2.75, 3.05) is 19.6 Å². The van der Waals surface area contributed by atoms with Crippen LogP contribution >= 0.6 is 11.6 Å². The average Bonchev–Trinajstić information content (AvgIpc) is 3.03. The highest BCUT2D eigenvalue weighted by atomic mass is 35.5. The van der Waals surface area contributed by atoms with Gasteiger partial charge < -0.3 is 10.2 Å². The molecular weight excluding hydrogens is 284 g/mol. The first-order valence-electron chi connectivity index (χ1n) is 7.98. The van der Waals surface area contributed by atoms with Gasteiger partial charge >= 0.3 is 0 Å². The van der Waals surface area contributed by atoms with Crippen molar-refractivity contribution in [3.63, 3.8) is 0 Å². The molecule has 1 aliphatic heterocycles. The zero-order valence-electron chi connectivity index (χ0n) is 12.2. The molecule has 0 radical (unpaired) electrons. The number of nitrogens with zero attached hydrogens (tertiary/aromatic N) is 1. The van der Waals surface area contributed by atoms with Crippen LogP contribution < -0.4 is 5.32 Å². The maximum Gasteiger partial charge on any atom is 0.228 e. The quantitative estimate of drug-likeness (QED) is 0.927. The Morgan fingerprint density at radius 2 is 2.19 bits per heavy atom. The van der Waals surface area contributed by atoms with Gasteiger partial charge in [0.1, 0.15) is 0 Å². The van der Waals surface area contributed by atoms with Gasteiger partial charge in [-0.05, 0) is 68.5 Å². The molecule has 1 heterocycles. The minimum Gasteiger partial charge on any atom is -0.349 e. The summed E-state index contributed by atoms with van der Waals surface area (Å²) in [5.74, 6) is 0.236. The number of aryl methyl sites for hydroxylation is 1. The predicted octanol–water partition coefficient (Wildman–Crippen LogP) is 2.72. The standard InChI is InChI=1S/C17H21ClN2O/c18-13-3-5-14-12(10-13)2-4-15(14)16(21)19-17(6-7-17)11-20-8-1-9-20/h3,5,10,15H,1-2,4,6-9,11H2,(H,19,21). The van der Waals surface area contributed by atoms with Crippen LogP contribution in [0.3, 0.4) is 0 Å². The van der Waals surface area contributed by atoms with Crippen LogP contribution in [-0.2, 0) is 11.2 Å². The lowest BCUT2D eigenvalue weighted by Crippen LogP contribution is -2.50. The summed E-state index contributed by atoms with van der Waals surface area (Å²) in [7, 11) is 0. The molecule has 1 amide bonds. The number of carbonyl (C=O) groups is 1. The molecule has 1 unspecified atom stereocenters. The van der Waals surface area contributed by atoms with E-state index in [0.717, 1.165) is 37.3 Å². The normalized spacial score (nSPS) is 26.0. The average molecular weight is 305 g/mol. The molecular formula is C17H21ClN2O. The van der Waals surface area contributed by atoms with E-state index in [9.17, 15) is 4.79 Å². The summed E-state index contributed by atoms with van der Waals surface area (Å²) in [5, 5.41) is 4.12. The van der Waals surface area contributed by atoms with E-state index in [1.807, 2.05) is 18.2 Å². The number of nitrogens with one attached hydrogen (secondary N) is 1. The third-order valence-corrected chi connectivity index (χ3v) is 5.45. The van der Waals surface area contributed by atoms with Gasteiger partial charge in [-0.15, -0.1) is 0 Å². The number of hydrogen-bond donors (Lipinski definition) is 1. The van der Waals surface area contributed by atoms with Crippen LogP contribution in [0, 0.1) is 0 Å². The van der Waals surface area contributed by atoms with Crippen LogP contribution in [0.4, 0.5) is 0 Å². The minimum atomic E-state index is 0.0196. The maximum atomic E-state index is 12.7. The van der Waals surface area contributed by atoms with E-state index in [1.165, 1.54) is 30.6 Å². The molecule has 0 aromatic heterocycles. The summed E-state index contributed by atoms with van der Waals surface area (Å²) >= 11 is 6.04. The molecule has 4 rings (SSSR count). The van der Waals surface area contributed by atoms with E-state index < -0.39 is 0 Å². The zero-order valence-corrected chi connectivity index (χ0v) is 13.0. The SMILES string of the molecule is O=C(NC1(CN2CCC2)CC1)C1CCc2cc(Cl)ccc21. The Morgan fingerprint density at radius 3 is 2.86 bits per heavy atom. The molecule has 1 saturated heterocycles. The topological polar surface area (TPSA) is 32.3 Å². The number of halogens is 1. The molecule has 1 saturated carbocycles. The maximum absolute atomic E-state index is 12.7. The number of rotatable bonds is 4. The van der Waals surface area contributed by atoms with E-state index >= 15 is 0 Å². The lowest BCUT2D eigenvalue weighted by molar-refractivity contribution is -0.123. The largest absolute Gasteiger partial charge is 0.349 e. The molecule has 3 aliphatic rings. The van der Waals surface area contributed by atoms with Crippen molar-refractivity contribution in [1.82, 2.24) is 10.2 Å². The Labute approximate surface area is 130 Å². The number of amides is 1. The van der Waals surface area contributed by atoms with Gasteiger partial charge in [0.15, 0.2) is 0 Å². The second-order valence-corrected chi connectivity index (χ2v) is 7.27. The Bertz CT molecular complexity index is 578. The van der Waals surface area contributed by atoms with Crippen molar-refractivity contribution in [2.24, 2.45) is 0 Å². The Hall–Kier alpha value is -1.06. The summed E-state index contributed by atoms with van der Waals surface area (Å²) < 4.78 is 0. The molecule has 1 aromatic carbocycles. The predicted molar refractivity (Wildman–Crippen MR) is 83.7 cm³/mol. The van der Waals surface area contributed by atoms with Crippen LogP contribution in [0.5, 0.6) is 0 Å². The van der Waals surface area contributed by atoms with Gasteiger partial charge in [-0.1, -0.05) is 17.7 Å². The number of hydrogen-bond acceptors (Lipinski definition) is 2. The Kier molecular flexibility index (Phi) is 3.23. The van der Waals surface area contributed by atoms with Crippen molar-refractivity contribution >= 4 is 17.5 Å². The summed E-state index contributed by atoms with van der Waals surface area (Å²) in [5.41, 5.74) is 2.50. The zero-order chi connectivity index (χ0) is 14.4. The summed E-state index contributed by atoms with van der Waals surface area (Å²) in [6.45, 7) is 3.43. The number of benzene rings is 1.